The van der Waals surface area contributed by atoms with E-state index in [1.807, 2.05) is 18.2 Å². The quantitative estimate of drug-likeness (QED) is 0.630. The number of aromatic nitrogens is 5. The molecule has 1 aliphatic carbocycles. The second-order valence-electron chi connectivity index (χ2n) is 8.82. The van der Waals surface area contributed by atoms with Crippen molar-refractivity contribution in [3.63, 3.8) is 0 Å². The molecule has 3 aliphatic rings. The first-order valence-corrected chi connectivity index (χ1v) is 11.3. The summed E-state index contributed by atoms with van der Waals surface area (Å²) in [5.41, 5.74) is 2.77. The molecular formula is C23H26N8O. The molecule has 3 fully saturated rings. The van der Waals surface area contributed by atoms with Crippen LogP contribution >= 0.6 is 0 Å². The third-order valence-corrected chi connectivity index (χ3v) is 6.63. The summed E-state index contributed by atoms with van der Waals surface area (Å²) in [6.45, 7) is 4.79. The molecule has 164 valence electrons. The van der Waals surface area contributed by atoms with Crippen LogP contribution in [0.4, 0.5) is 11.8 Å². The predicted octanol–water partition coefficient (Wildman–Crippen LogP) is 2.10. The number of aromatic hydroxyl groups is 1. The summed E-state index contributed by atoms with van der Waals surface area (Å²) in [6.07, 6.45) is 7.09. The van der Waals surface area contributed by atoms with Crippen molar-refractivity contribution in [3.8, 4) is 28.3 Å². The van der Waals surface area contributed by atoms with Crippen molar-refractivity contribution < 1.29 is 5.11 Å². The topological polar surface area (TPSA) is 103 Å². The number of piperazine rings is 1. The lowest BCUT2D eigenvalue weighted by atomic mass is 10.1. The summed E-state index contributed by atoms with van der Waals surface area (Å²) in [5.74, 6) is 2.49. The smallest absolute Gasteiger partial charge is 0.245 e. The zero-order valence-corrected chi connectivity index (χ0v) is 17.9. The molecule has 32 heavy (non-hydrogen) atoms. The Labute approximate surface area is 186 Å². The zero-order chi connectivity index (χ0) is 21.5. The van der Waals surface area contributed by atoms with Gasteiger partial charge in [0.05, 0.1) is 11.9 Å². The van der Waals surface area contributed by atoms with E-state index >= 15 is 0 Å². The Bertz CT molecular complexity index is 1110. The van der Waals surface area contributed by atoms with Crippen LogP contribution in [0, 0.1) is 5.92 Å². The highest BCUT2D eigenvalue weighted by molar-refractivity contribution is 5.73. The van der Waals surface area contributed by atoms with E-state index in [1.54, 1.807) is 18.6 Å². The maximum absolute atomic E-state index is 10.7. The number of phenols is 1. The second kappa shape index (κ2) is 7.98. The van der Waals surface area contributed by atoms with Gasteiger partial charge in [-0.15, -0.1) is 10.2 Å². The highest BCUT2D eigenvalue weighted by atomic mass is 16.3. The molecule has 0 radical (unpaired) electrons. The summed E-state index contributed by atoms with van der Waals surface area (Å²) in [6, 6.07) is 7.97. The third kappa shape index (κ3) is 3.73. The van der Waals surface area contributed by atoms with Gasteiger partial charge in [0.15, 0.2) is 0 Å². The average Bonchev–Trinajstić information content (AvgIpc) is 3.64. The lowest BCUT2D eigenvalue weighted by molar-refractivity contribution is 0.414. The van der Waals surface area contributed by atoms with Crippen molar-refractivity contribution in [2.75, 3.05) is 42.5 Å². The number of rotatable bonds is 5. The summed E-state index contributed by atoms with van der Waals surface area (Å²) in [5, 5.41) is 23.0. The van der Waals surface area contributed by atoms with Crippen LogP contribution < -0.4 is 15.1 Å². The summed E-state index contributed by atoms with van der Waals surface area (Å²) < 4.78 is 0. The van der Waals surface area contributed by atoms with Gasteiger partial charge in [0.25, 0.3) is 0 Å². The van der Waals surface area contributed by atoms with Crippen molar-refractivity contribution in [1.82, 2.24) is 30.5 Å². The molecule has 1 aromatic carbocycles. The van der Waals surface area contributed by atoms with E-state index in [0.717, 1.165) is 55.7 Å². The lowest BCUT2D eigenvalue weighted by Crippen LogP contribution is -2.52. The fraction of sp³-hybridized carbons (Fsp3) is 0.435. The first-order valence-electron chi connectivity index (χ1n) is 11.3. The van der Waals surface area contributed by atoms with Gasteiger partial charge in [-0.3, -0.25) is 0 Å². The lowest BCUT2D eigenvalue weighted by Gasteiger charge is -2.33. The summed E-state index contributed by atoms with van der Waals surface area (Å²) in [4.78, 5) is 17.7. The van der Waals surface area contributed by atoms with Crippen molar-refractivity contribution in [3.05, 3.63) is 36.8 Å². The van der Waals surface area contributed by atoms with Gasteiger partial charge in [0.2, 0.25) is 5.95 Å². The fourth-order valence-electron chi connectivity index (χ4n) is 4.44. The largest absolute Gasteiger partial charge is 0.507 e. The Balaban J connectivity index is 1.20. The number of nitrogens with zero attached hydrogens (tertiary/aromatic N) is 7. The molecule has 0 unspecified atom stereocenters. The van der Waals surface area contributed by atoms with Gasteiger partial charge in [-0.25, -0.2) is 15.0 Å². The number of hydrogen-bond acceptors (Lipinski definition) is 9. The fourth-order valence-corrected chi connectivity index (χ4v) is 4.44. The Morgan fingerprint density at radius 2 is 1.84 bits per heavy atom. The number of anilines is 2. The van der Waals surface area contributed by atoms with Crippen molar-refractivity contribution in [1.29, 1.82) is 0 Å². The van der Waals surface area contributed by atoms with E-state index in [1.165, 1.54) is 19.3 Å². The van der Waals surface area contributed by atoms with E-state index in [2.05, 4.69) is 40.3 Å². The molecule has 2 saturated heterocycles. The maximum Gasteiger partial charge on any atom is 0.245 e. The predicted molar refractivity (Wildman–Crippen MR) is 122 cm³/mol. The normalized spacial score (nSPS) is 20.8. The van der Waals surface area contributed by atoms with E-state index in [0.29, 0.717) is 23.2 Å². The van der Waals surface area contributed by atoms with Gasteiger partial charge in [0.1, 0.15) is 23.6 Å². The Morgan fingerprint density at radius 1 is 0.938 bits per heavy atom. The molecular weight excluding hydrogens is 404 g/mol. The van der Waals surface area contributed by atoms with Gasteiger partial charge in [0, 0.05) is 56.0 Å². The van der Waals surface area contributed by atoms with E-state index in [9.17, 15) is 5.11 Å². The summed E-state index contributed by atoms with van der Waals surface area (Å²) in [7, 11) is 0. The third-order valence-electron chi connectivity index (χ3n) is 6.63. The second-order valence-corrected chi connectivity index (χ2v) is 8.82. The Kier molecular flexibility index (Phi) is 4.83. The molecule has 0 amide bonds. The van der Waals surface area contributed by atoms with Crippen LogP contribution in [-0.4, -0.2) is 69.0 Å². The van der Waals surface area contributed by atoms with E-state index < -0.39 is 0 Å². The molecule has 6 rings (SSSR count). The van der Waals surface area contributed by atoms with Crippen LogP contribution in [0.2, 0.25) is 0 Å². The van der Waals surface area contributed by atoms with Crippen LogP contribution in [0.25, 0.3) is 22.5 Å². The molecule has 1 saturated carbocycles. The molecule has 9 nitrogen and oxygen atoms in total. The van der Waals surface area contributed by atoms with Crippen LogP contribution in [0.5, 0.6) is 5.75 Å². The zero-order valence-electron chi connectivity index (χ0n) is 17.9. The Morgan fingerprint density at radius 3 is 2.56 bits per heavy atom. The van der Waals surface area contributed by atoms with E-state index in [-0.39, 0.29) is 5.75 Å². The molecule has 2 aliphatic heterocycles. The van der Waals surface area contributed by atoms with Crippen LogP contribution in [0.3, 0.4) is 0 Å². The standard InChI is InChI=1S/C23H26N8O/c32-21-10-16(18-11-22(27-14-26-18)30-7-1-8-30)4-5-17(21)19-12-25-23(29-28-19)31-9-6-24-20(13-31)15-2-3-15/h4-5,10-12,14-15,20,24,32H,1-3,6-9,13H2/t20-/m0/s1. The molecule has 1 atom stereocenters. The van der Waals surface area contributed by atoms with Gasteiger partial charge in [-0.2, -0.15) is 0 Å². The molecule has 0 spiro atoms. The molecule has 4 heterocycles. The van der Waals surface area contributed by atoms with Gasteiger partial charge < -0.3 is 20.2 Å². The summed E-state index contributed by atoms with van der Waals surface area (Å²) >= 11 is 0. The molecule has 2 N–H and O–H groups in total. The Hall–Kier alpha value is -3.33. The molecule has 3 aromatic rings. The minimum Gasteiger partial charge on any atom is -0.507 e. The van der Waals surface area contributed by atoms with Crippen molar-refractivity contribution in [2.45, 2.75) is 25.3 Å². The number of nitrogens with one attached hydrogen (secondary N) is 1. The van der Waals surface area contributed by atoms with E-state index in [4.69, 9.17) is 0 Å². The van der Waals surface area contributed by atoms with Crippen LogP contribution in [0.15, 0.2) is 36.8 Å². The number of hydrogen-bond donors (Lipinski definition) is 2. The highest BCUT2D eigenvalue weighted by Gasteiger charge is 2.34. The van der Waals surface area contributed by atoms with Crippen molar-refractivity contribution in [2.24, 2.45) is 5.92 Å². The molecule has 0 bridgehead atoms. The van der Waals surface area contributed by atoms with Gasteiger partial charge in [-0.05, 0) is 37.3 Å². The SMILES string of the molecule is Oc1cc(-c2cc(N3CCC3)ncn2)ccc1-c1cnc(N2CCN[C@H](C3CC3)C2)nn1. The molecule has 9 heteroatoms. The highest BCUT2D eigenvalue weighted by Crippen LogP contribution is 2.35. The van der Waals surface area contributed by atoms with Crippen LogP contribution in [-0.2, 0) is 0 Å². The minimum atomic E-state index is 0.131. The van der Waals surface area contributed by atoms with Gasteiger partial charge >= 0.3 is 0 Å². The average molecular weight is 431 g/mol. The monoisotopic (exact) mass is 430 g/mol. The maximum atomic E-state index is 10.7. The van der Waals surface area contributed by atoms with Gasteiger partial charge in [-0.1, -0.05) is 6.07 Å². The minimum absolute atomic E-state index is 0.131. The van der Waals surface area contributed by atoms with Crippen LogP contribution in [0.1, 0.15) is 19.3 Å². The first kappa shape index (κ1) is 19.4. The molecule has 2 aromatic heterocycles. The van der Waals surface area contributed by atoms with Crippen molar-refractivity contribution >= 4 is 11.8 Å². The number of benzene rings is 1. The number of phenolic OH excluding ortho intramolecular Hbond substituents is 1. The first-order chi connectivity index (χ1) is 15.7.